The lowest BCUT2D eigenvalue weighted by Crippen LogP contribution is -1.95. The summed E-state index contributed by atoms with van der Waals surface area (Å²) < 4.78 is 1.27. The van der Waals surface area contributed by atoms with Gasteiger partial charge in [-0.3, -0.25) is 4.98 Å². The minimum atomic E-state index is 0.368. The van der Waals surface area contributed by atoms with E-state index in [1.807, 2.05) is 12.4 Å². The number of nitrogens with zero attached hydrogens (tertiary/aromatic N) is 1. The molecule has 1 aromatic heterocycles. The first-order valence-electron chi connectivity index (χ1n) is 5.04. The second-order valence-electron chi connectivity index (χ2n) is 3.58. The van der Waals surface area contributed by atoms with E-state index < -0.39 is 0 Å². The zero-order chi connectivity index (χ0) is 11.4. The molecule has 0 saturated heterocycles. The molecule has 0 aliphatic rings. The summed E-state index contributed by atoms with van der Waals surface area (Å²) in [5.74, 6) is 0. The third-order valence-corrected chi connectivity index (χ3v) is 3.97. The average Bonchev–Trinajstić information content (AvgIpc) is 2.31. The highest BCUT2D eigenvalue weighted by atomic mass is 127. The van der Waals surface area contributed by atoms with Gasteiger partial charge in [-0.1, -0.05) is 28.1 Å². The fourth-order valence-electron chi connectivity index (χ4n) is 1.52. The van der Waals surface area contributed by atoms with E-state index in [-0.39, 0.29) is 0 Å². The van der Waals surface area contributed by atoms with Crippen LogP contribution in [0.2, 0.25) is 0 Å². The molecule has 0 saturated carbocycles. The van der Waals surface area contributed by atoms with E-state index in [2.05, 4.69) is 79.9 Å². The van der Waals surface area contributed by atoms with E-state index in [0.29, 0.717) is 4.83 Å². The summed E-state index contributed by atoms with van der Waals surface area (Å²) in [7, 11) is 0. The number of alkyl halides is 1. The van der Waals surface area contributed by atoms with Gasteiger partial charge in [0.1, 0.15) is 0 Å². The molecule has 1 nitrogen and oxygen atoms in total. The van der Waals surface area contributed by atoms with Crippen molar-refractivity contribution in [3.8, 4) is 0 Å². The van der Waals surface area contributed by atoms with Crippen LogP contribution in [0.1, 0.15) is 16.0 Å². The molecule has 0 bridgehead atoms. The third-order valence-electron chi connectivity index (χ3n) is 2.40. The summed E-state index contributed by atoms with van der Waals surface area (Å²) in [6.07, 6.45) is 4.66. The van der Waals surface area contributed by atoms with Crippen LogP contribution in [0.5, 0.6) is 0 Å². The van der Waals surface area contributed by atoms with Crippen LogP contribution in [0, 0.1) is 3.57 Å². The molecule has 2 aromatic rings. The van der Waals surface area contributed by atoms with Crippen molar-refractivity contribution in [3.05, 3.63) is 63.5 Å². The molecule has 1 atom stereocenters. The standard InChI is InChI=1S/C13H11BrIN/c14-13(9-10-5-7-16-8-6-10)11-1-3-12(15)4-2-11/h1-8,13H,9H2. The van der Waals surface area contributed by atoms with Gasteiger partial charge < -0.3 is 0 Å². The molecule has 3 heteroatoms. The maximum absolute atomic E-state index is 4.02. The number of hydrogen-bond acceptors (Lipinski definition) is 1. The molecule has 0 spiro atoms. The normalized spacial score (nSPS) is 12.4. The number of rotatable bonds is 3. The lowest BCUT2D eigenvalue weighted by atomic mass is 10.1. The molecule has 0 aliphatic heterocycles. The molecule has 82 valence electrons. The van der Waals surface area contributed by atoms with E-state index in [1.165, 1.54) is 14.7 Å². The smallest absolute Gasteiger partial charge is 0.0435 e. The summed E-state index contributed by atoms with van der Waals surface area (Å²) in [6, 6.07) is 12.7. The molecule has 0 amide bonds. The summed E-state index contributed by atoms with van der Waals surface area (Å²) in [5, 5.41) is 0. The minimum absolute atomic E-state index is 0.368. The van der Waals surface area contributed by atoms with Crippen LogP contribution in [0.15, 0.2) is 48.8 Å². The van der Waals surface area contributed by atoms with Crippen molar-refractivity contribution in [1.29, 1.82) is 0 Å². The lowest BCUT2D eigenvalue weighted by molar-refractivity contribution is 0.944. The Labute approximate surface area is 118 Å². The molecule has 16 heavy (non-hydrogen) atoms. The predicted molar refractivity (Wildman–Crippen MR) is 78.8 cm³/mol. The molecule has 0 aliphatic carbocycles. The predicted octanol–water partition coefficient (Wildman–Crippen LogP) is 4.36. The molecule has 0 fully saturated rings. The molecular formula is C13H11BrIN. The summed E-state index contributed by atoms with van der Waals surface area (Å²) in [6.45, 7) is 0. The van der Waals surface area contributed by atoms with E-state index in [1.54, 1.807) is 0 Å². The second kappa shape index (κ2) is 5.77. The Bertz CT molecular complexity index is 441. The van der Waals surface area contributed by atoms with Gasteiger partial charge in [-0.2, -0.15) is 0 Å². The van der Waals surface area contributed by atoms with Gasteiger partial charge in [0.15, 0.2) is 0 Å². The second-order valence-corrected chi connectivity index (χ2v) is 5.93. The van der Waals surface area contributed by atoms with Crippen LogP contribution in [-0.2, 0) is 6.42 Å². The van der Waals surface area contributed by atoms with Crippen molar-refractivity contribution in [3.63, 3.8) is 0 Å². The number of benzene rings is 1. The van der Waals surface area contributed by atoms with Crippen molar-refractivity contribution in [2.24, 2.45) is 0 Å². The van der Waals surface area contributed by atoms with Gasteiger partial charge in [-0.15, -0.1) is 0 Å². The SMILES string of the molecule is BrC(Cc1ccncc1)c1ccc(I)cc1. The van der Waals surface area contributed by atoms with Gasteiger partial charge >= 0.3 is 0 Å². The molecule has 1 heterocycles. The third kappa shape index (κ3) is 3.28. The molecule has 1 aromatic carbocycles. The van der Waals surface area contributed by atoms with Crippen LogP contribution in [-0.4, -0.2) is 4.98 Å². The first kappa shape index (κ1) is 12.0. The molecular weight excluding hydrogens is 377 g/mol. The zero-order valence-electron chi connectivity index (χ0n) is 8.61. The summed E-state index contributed by atoms with van der Waals surface area (Å²) in [5.41, 5.74) is 2.62. The van der Waals surface area contributed by atoms with Gasteiger partial charge in [0.25, 0.3) is 0 Å². The topological polar surface area (TPSA) is 12.9 Å². The first-order chi connectivity index (χ1) is 7.75. The van der Waals surface area contributed by atoms with Crippen LogP contribution >= 0.6 is 38.5 Å². The number of pyridine rings is 1. The Hall–Kier alpha value is -0.420. The van der Waals surface area contributed by atoms with E-state index in [9.17, 15) is 0 Å². The van der Waals surface area contributed by atoms with Crippen LogP contribution in [0.25, 0.3) is 0 Å². The molecule has 0 N–H and O–H groups in total. The number of aromatic nitrogens is 1. The molecule has 2 rings (SSSR count). The Kier molecular flexibility index (Phi) is 4.35. The van der Waals surface area contributed by atoms with Crippen LogP contribution in [0.4, 0.5) is 0 Å². The first-order valence-corrected chi connectivity index (χ1v) is 7.03. The highest BCUT2D eigenvalue weighted by Crippen LogP contribution is 2.27. The lowest BCUT2D eigenvalue weighted by Gasteiger charge is -2.10. The van der Waals surface area contributed by atoms with Crippen molar-refractivity contribution in [1.82, 2.24) is 4.98 Å². The fourth-order valence-corrected chi connectivity index (χ4v) is 2.55. The van der Waals surface area contributed by atoms with Crippen molar-refractivity contribution >= 4 is 38.5 Å². The van der Waals surface area contributed by atoms with Gasteiger partial charge in [0.2, 0.25) is 0 Å². The van der Waals surface area contributed by atoms with E-state index >= 15 is 0 Å². The average molecular weight is 388 g/mol. The summed E-state index contributed by atoms with van der Waals surface area (Å²) in [4.78, 5) is 4.39. The van der Waals surface area contributed by atoms with Gasteiger partial charge in [-0.05, 0) is 64.4 Å². The van der Waals surface area contributed by atoms with Crippen molar-refractivity contribution in [2.75, 3.05) is 0 Å². The van der Waals surface area contributed by atoms with Crippen LogP contribution in [0.3, 0.4) is 0 Å². The highest BCUT2D eigenvalue weighted by molar-refractivity contribution is 14.1. The van der Waals surface area contributed by atoms with E-state index in [4.69, 9.17) is 0 Å². The Morgan fingerprint density at radius 2 is 1.69 bits per heavy atom. The Morgan fingerprint density at radius 1 is 1.06 bits per heavy atom. The van der Waals surface area contributed by atoms with Crippen molar-refractivity contribution < 1.29 is 0 Å². The highest BCUT2D eigenvalue weighted by Gasteiger charge is 2.07. The summed E-state index contributed by atoms with van der Waals surface area (Å²) >= 11 is 6.04. The number of hydrogen-bond donors (Lipinski definition) is 0. The quantitative estimate of drug-likeness (QED) is 0.563. The Balaban J connectivity index is 2.09. The van der Waals surface area contributed by atoms with E-state index in [0.717, 1.165) is 6.42 Å². The minimum Gasteiger partial charge on any atom is -0.265 e. The fraction of sp³-hybridized carbons (Fsp3) is 0.154. The molecule has 1 unspecified atom stereocenters. The van der Waals surface area contributed by atoms with Gasteiger partial charge in [0.05, 0.1) is 0 Å². The van der Waals surface area contributed by atoms with Crippen molar-refractivity contribution in [2.45, 2.75) is 11.2 Å². The maximum atomic E-state index is 4.02. The largest absolute Gasteiger partial charge is 0.265 e. The van der Waals surface area contributed by atoms with Gasteiger partial charge in [-0.25, -0.2) is 0 Å². The number of halogens is 2. The van der Waals surface area contributed by atoms with Gasteiger partial charge in [0, 0.05) is 20.8 Å². The van der Waals surface area contributed by atoms with Crippen LogP contribution < -0.4 is 0 Å². The molecule has 0 radical (unpaired) electrons. The Morgan fingerprint density at radius 3 is 2.31 bits per heavy atom. The monoisotopic (exact) mass is 387 g/mol. The maximum Gasteiger partial charge on any atom is 0.0435 e. The zero-order valence-corrected chi connectivity index (χ0v) is 12.3.